The maximum absolute atomic E-state index is 12.8. The van der Waals surface area contributed by atoms with E-state index in [0.717, 1.165) is 0 Å². The second-order valence-corrected chi connectivity index (χ2v) is 5.73. The summed E-state index contributed by atoms with van der Waals surface area (Å²) in [6.45, 7) is 0.626. The average Bonchev–Trinajstić information content (AvgIpc) is 2.63. The van der Waals surface area contributed by atoms with E-state index in [2.05, 4.69) is 10.6 Å². The van der Waals surface area contributed by atoms with Gasteiger partial charge >= 0.3 is 0 Å². The van der Waals surface area contributed by atoms with Crippen LogP contribution >= 0.6 is 12.4 Å². The number of halogens is 1. The lowest BCUT2D eigenvalue weighted by molar-refractivity contribution is -0.115. The summed E-state index contributed by atoms with van der Waals surface area (Å²) in [5.41, 5.74) is 1.60. The van der Waals surface area contributed by atoms with Gasteiger partial charge in [0.25, 0.3) is 0 Å². The topological polar surface area (TPSA) is 95.5 Å². The number of amides is 1. The summed E-state index contributed by atoms with van der Waals surface area (Å²) in [5.74, 6) is -0.804. The molecule has 2 aromatic carbocycles. The number of hydrogen-bond donors (Lipinski definition) is 3. The van der Waals surface area contributed by atoms with E-state index < -0.39 is 0 Å². The van der Waals surface area contributed by atoms with Gasteiger partial charge in [0.1, 0.15) is 0 Å². The largest absolute Gasteiger partial charge is 0.396 e. The molecule has 0 atom stereocenters. The number of carbonyl (C=O) groups is 3. The number of ketones is 2. The molecule has 1 aliphatic rings. The van der Waals surface area contributed by atoms with Gasteiger partial charge in [-0.2, -0.15) is 0 Å². The van der Waals surface area contributed by atoms with E-state index in [-0.39, 0.29) is 48.6 Å². The normalized spacial score (nSPS) is 12.0. The van der Waals surface area contributed by atoms with Crippen LogP contribution in [0.15, 0.2) is 42.5 Å². The summed E-state index contributed by atoms with van der Waals surface area (Å²) < 4.78 is 0. The van der Waals surface area contributed by atoms with Gasteiger partial charge in [0, 0.05) is 23.3 Å². The lowest BCUT2D eigenvalue weighted by atomic mass is 9.83. The first-order valence-corrected chi connectivity index (χ1v) is 8.06. The fourth-order valence-corrected chi connectivity index (χ4v) is 2.85. The zero-order valence-electron chi connectivity index (χ0n) is 14.0. The minimum absolute atomic E-state index is 0. The number of aliphatic hydroxyl groups is 1. The number of anilines is 1. The van der Waals surface area contributed by atoms with Gasteiger partial charge in [-0.15, -0.1) is 12.4 Å². The van der Waals surface area contributed by atoms with Crippen LogP contribution in [0.2, 0.25) is 0 Å². The first-order chi connectivity index (χ1) is 12.1. The van der Waals surface area contributed by atoms with Gasteiger partial charge < -0.3 is 15.7 Å². The molecule has 7 heteroatoms. The highest BCUT2D eigenvalue weighted by molar-refractivity contribution is 6.30. The Kier molecular flexibility index (Phi) is 6.63. The summed E-state index contributed by atoms with van der Waals surface area (Å²) in [6.07, 6.45) is 0.553. The van der Waals surface area contributed by atoms with Crippen molar-refractivity contribution in [3.05, 3.63) is 64.7 Å². The zero-order valence-corrected chi connectivity index (χ0v) is 14.8. The van der Waals surface area contributed by atoms with E-state index in [4.69, 9.17) is 5.11 Å². The molecule has 0 fully saturated rings. The Balaban J connectivity index is 0.00000243. The van der Waals surface area contributed by atoms with E-state index in [9.17, 15) is 14.4 Å². The first-order valence-electron chi connectivity index (χ1n) is 8.06. The number of hydrogen-bond acceptors (Lipinski definition) is 5. The number of rotatable bonds is 6. The molecule has 0 spiro atoms. The second kappa shape index (κ2) is 8.71. The third kappa shape index (κ3) is 3.83. The Labute approximate surface area is 157 Å². The molecule has 3 rings (SSSR count). The quantitative estimate of drug-likeness (QED) is 0.572. The van der Waals surface area contributed by atoms with Crippen molar-refractivity contribution >= 4 is 35.6 Å². The molecule has 1 aliphatic carbocycles. The molecule has 0 aromatic heterocycles. The van der Waals surface area contributed by atoms with Gasteiger partial charge in [-0.1, -0.05) is 36.4 Å². The molecule has 26 heavy (non-hydrogen) atoms. The minimum atomic E-state index is -0.314. The first kappa shape index (κ1) is 19.8. The Morgan fingerprint density at radius 2 is 1.58 bits per heavy atom. The van der Waals surface area contributed by atoms with Crippen LogP contribution in [-0.4, -0.2) is 42.3 Å². The molecule has 0 saturated carbocycles. The van der Waals surface area contributed by atoms with Crippen molar-refractivity contribution in [2.24, 2.45) is 0 Å². The van der Waals surface area contributed by atoms with Crippen LogP contribution in [0.3, 0.4) is 0 Å². The molecular weight excluding hydrogens is 356 g/mol. The molecular formula is C19H19ClN2O4. The fourth-order valence-electron chi connectivity index (χ4n) is 2.85. The van der Waals surface area contributed by atoms with E-state index in [1.165, 1.54) is 0 Å². The lowest BCUT2D eigenvalue weighted by Gasteiger charge is -2.20. The van der Waals surface area contributed by atoms with Crippen LogP contribution < -0.4 is 10.6 Å². The van der Waals surface area contributed by atoms with Gasteiger partial charge in [-0.25, -0.2) is 0 Å². The van der Waals surface area contributed by atoms with Crippen molar-refractivity contribution < 1.29 is 19.5 Å². The Morgan fingerprint density at radius 1 is 0.923 bits per heavy atom. The van der Waals surface area contributed by atoms with Crippen LogP contribution in [0.5, 0.6) is 0 Å². The maximum Gasteiger partial charge on any atom is 0.238 e. The van der Waals surface area contributed by atoms with Crippen molar-refractivity contribution in [2.45, 2.75) is 6.42 Å². The fraction of sp³-hybridized carbons (Fsp3) is 0.211. The van der Waals surface area contributed by atoms with Crippen LogP contribution in [0.25, 0.3) is 0 Å². The Hall–Kier alpha value is -2.54. The third-order valence-electron chi connectivity index (χ3n) is 4.02. The lowest BCUT2D eigenvalue weighted by Crippen LogP contribution is -2.30. The molecule has 3 N–H and O–H groups in total. The number of carbonyl (C=O) groups excluding carboxylic acids is 3. The van der Waals surface area contributed by atoms with Crippen molar-refractivity contribution in [3.63, 3.8) is 0 Å². The van der Waals surface area contributed by atoms with Gasteiger partial charge in [0.2, 0.25) is 5.91 Å². The molecule has 0 radical (unpaired) electrons. The third-order valence-corrected chi connectivity index (χ3v) is 4.02. The van der Waals surface area contributed by atoms with Crippen LogP contribution in [0.4, 0.5) is 5.69 Å². The zero-order chi connectivity index (χ0) is 17.8. The monoisotopic (exact) mass is 374 g/mol. The molecule has 136 valence electrons. The summed E-state index contributed by atoms with van der Waals surface area (Å²) in [7, 11) is 0. The highest BCUT2D eigenvalue weighted by Crippen LogP contribution is 2.31. The molecule has 1 amide bonds. The smallest absolute Gasteiger partial charge is 0.238 e. The Bertz CT molecular complexity index is 851. The second-order valence-electron chi connectivity index (χ2n) is 5.73. The molecule has 0 heterocycles. The van der Waals surface area contributed by atoms with E-state index in [0.29, 0.717) is 35.3 Å². The van der Waals surface area contributed by atoms with Crippen LogP contribution in [0.1, 0.15) is 38.3 Å². The number of fused-ring (bicyclic) bond motifs is 2. The van der Waals surface area contributed by atoms with Crippen molar-refractivity contribution in [2.75, 3.05) is 25.0 Å². The molecule has 0 bridgehead atoms. The van der Waals surface area contributed by atoms with Gasteiger partial charge in [0.15, 0.2) is 11.6 Å². The van der Waals surface area contributed by atoms with Crippen molar-refractivity contribution in [1.29, 1.82) is 0 Å². The summed E-state index contributed by atoms with van der Waals surface area (Å²) >= 11 is 0. The molecule has 0 aliphatic heterocycles. The number of aliphatic hydroxyl groups excluding tert-OH is 1. The minimum Gasteiger partial charge on any atom is -0.396 e. The molecule has 6 nitrogen and oxygen atoms in total. The van der Waals surface area contributed by atoms with Crippen molar-refractivity contribution in [1.82, 2.24) is 5.32 Å². The highest BCUT2D eigenvalue weighted by Gasteiger charge is 2.31. The highest BCUT2D eigenvalue weighted by atomic mass is 35.5. The summed E-state index contributed by atoms with van der Waals surface area (Å²) in [5, 5.41) is 14.3. The SMILES string of the molecule is Cl.O=C(CNCCCO)Nc1cccc2c1C(=O)c1ccccc1C2=O. The van der Waals surface area contributed by atoms with Crippen LogP contribution in [-0.2, 0) is 4.79 Å². The van der Waals surface area contributed by atoms with Crippen LogP contribution in [0, 0.1) is 0 Å². The Morgan fingerprint density at radius 3 is 2.27 bits per heavy atom. The predicted octanol–water partition coefficient (Wildman–Crippen LogP) is 1.79. The van der Waals surface area contributed by atoms with Crippen molar-refractivity contribution in [3.8, 4) is 0 Å². The standard InChI is InChI=1S/C19H18N2O4.ClH/c22-10-4-9-20-11-16(23)21-15-8-3-7-14-17(15)19(25)13-6-2-1-5-12(13)18(14)24;/h1-3,5-8,20,22H,4,9-11H2,(H,21,23);1H. The van der Waals surface area contributed by atoms with Gasteiger partial charge in [-0.3, -0.25) is 14.4 Å². The van der Waals surface area contributed by atoms with E-state index >= 15 is 0 Å². The maximum atomic E-state index is 12.8. The summed E-state index contributed by atoms with van der Waals surface area (Å²) in [4.78, 5) is 37.5. The summed E-state index contributed by atoms with van der Waals surface area (Å²) in [6, 6.07) is 11.5. The molecule has 0 saturated heterocycles. The van der Waals surface area contributed by atoms with E-state index in [1.807, 2.05) is 0 Å². The van der Waals surface area contributed by atoms with Gasteiger partial charge in [0.05, 0.1) is 17.8 Å². The number of benzene rings is 2. The number of nitrogens with one attached hydrogen (secondary N) is 2. The van der Waals surface area contributed by atoms with E-state index in [1.54, 1.807) is 42.5 Å². The predicted molar refractivity (Wildman–Crippen MR) is 100 cm³/mol. The van der Waals surface area contributed by atoms with Gasteiger partial charge in [-0.05, 0) is 19.0 Å². The molecule has 2 aromatic rings. The average molecular weight is 375 g/mol. The molecule has 0 unspecified atom stereocenters.